The second-order valence-electron chi connectivity index (χ2n) is 5.68. The fraction of sp³-hybridized carbons (Fsp3) is 0.588. The molecule has 1 aliphatic heterocycles. The second-order valence-corrected chi connectivity index (χ2v) is 5.68. The number of carbonyl (C=O) groups is 1. The molecule has 116 valence electrons. The number of nitrogens with zero attached hydrogens (tertiary/aromatic N) is 2. The number of nitrogens with one attached hydrogen (secondary N) is 1. The lowest BCUT2D eigenvalue weighted by Gasteiger charge is -2.36. The maximum atomic E-state index is 12.2. The van der Waals surface area contributed by atoms with Crippen LogP contribution < -0.4 is 10.2 Å². The van der Waals surface area contributed by atoms with E-state index in [9.17, 15) is 4.79 Å². The minimum Gasteiger partial charge on any atom is -0.362 e. The molecule has 1 aromatic carbocycles. The van der Waals surface area contributed by atoms with Gasteiger partial charge in [0.15, 0.2) is 0 Å². The van der Waals surface area contributed by atoms with Crippen molar-refractivity contribution in [2.45, 2.75) is 32.7 Å². The van der Waals surface area contributed by atoms with E-state index in [1.807, 2.05) is 14.0 Å². The molecule has 4 nitrogen and oxygen atoms in total. The van der Waals surface area contributed by atoms with Crippen molar-refractivity contribution < 1.29 is 4.79 Å². The SMILES string of the molecule is CCCNC1CCN(CC(=O)N(C)CC)c2ccccc21. The summed E-state index contributed by atoms with van der Waals surface area (Å²) >= 11 is 0. The van der Waals surface area contributed by atoms with Crippen molar-refractivity contribution >= 4 is 11.6 Å². The molecular formula is C17H27N3O. The van der Waals surface area contributed by atoms with Crippen LogP contribution in [0.4, 0.5) is 5.69 Å². The quantitative estimate of drug-likeness (QED) is 0.873. The topological polar surface area (TPSA) is 35.6 Å². The Morgan fingerprint density at radius 3 is 2.86 bits per heavy atom. The standard InChI is InChI=1S/C17H27N3O/c1-4-11-18-15-10-12-20(13-17(21)19(3)5-2)16-9-7-6-8-14(15)16/h6-9,15,18H,4-5,10-13H2,1-3H3. The van der Waals surface area contributed by atoms with Gasteiger partial charge in [-0.1, -0.05) is 25.1 Å². The molecule has 0 fully saturated rings. The Balaban J connectivity index is 2.13. The van der Waals surface area contributed by atoms with Gasteiger partial charge in [0, 0.05) is 31.9 Å². The lowest BCUT2D eigenvalue weighted by molar-refractivity contribution is -0.128. The number of anilines is 1. The van der Waals surface area contributed by atoms with E-state index < -0.39 is 0 Å². The predicted octanol–water partition coefficient (Wildman–Crippen LogP) is 2.42. The Morgan fingerprint density at radius 2 is 2.14 bits per heavy atom. The highest BCUT2D eigenvalue weighted by Gasteiger charge is 2.25. The minimum atomic E-state index is 0.187. The third-order valence-corrected chi connectivity index (χ3v) is 4.21. The van der Waals surface area contributed by atoms with E-state index in [0.29, 0.717) is 12.6 Å². The predicted molar refractivity (Wildman–Crippen MR) is 87.6 cm³/mol. The summed E-state index contributed by atoms with van der Waals surface area (Å²) in [6.07, 6.45) is 2.20. The Kier molecular flexibility index (Phi) is 5.62. The second kappa shape index (κ2) is 7.46. The summed E-state index contributed by atoms with van der Waals surface area (Å²) in [4.78, 5) is 16.2. The van der Waals surface area contributed by atoms with E-state index in [2.05, 4.69) is 41.4 Å². The van der Waals surface area contributed by atoms with Gasteiger partial charge in [0.25, 0.3) is 0 Å². The van der Waals surface area contributed by atoms with Crippen LogP contribution in [-0.2, 0) is 4.79 Å². The van der Waals surface area contributed by atoms with Crippen LogP contribution in [0, 0.1) is 0 Å². The number of para-hydroxylation sites is 1. The minimum absolute atomic E-state index is 0.187. The number of amides is 1. The Morgan fingerprint density at radius 1 is 1.38 bits per heavy atom. The summed E-state index contributed by atoms with van der Waals surface area (Å²) in [5.41, 5.74) is 2.53. The molecule has 0 spiro atoms. The fourth-order valence-corrected chi connectivity index (χ4v) is 2.79. The highest BCUT2D eigenvalue weighted by molar-refractivity contribution is 5.81. The Bertz CT molecular complexity index is 475. The molecule has 2 rings (SSSR count). The van der Waals surface area contributed by atoms with Gasteiger partial charge >= 0.3 is 0 Å². The third-order valence-electron chi connectivity index (χ3n) is 4.21. The van der Waals surface area contributed by atoms with Crippen molar-refractivity contribution in [1.82, 2.24) is 10.2 Å². The fourth-order valence-electron chi connectivity index (χ4n) is 2.79. The third kappa shape index (κ3) is 3.76. The number of hydrogen-bond acceptors (Lipinski definition) is 3. The summed E-state index contributed by atoms with van der Waals surface area (Å²) in [7, 11) is 1.86. The van der Waals surface area contributed by atoms with Crippen LogP contribution in [-0.4, -0.2) is 44.0 Å². The molecule has 0 saturated carbocycles. The first-order valence-corrected chi connectivity index (χ1v) is 7.98. The molecule has 0 radical (unpaired) electrons. The number of fused-ring (bicyclic) bond motifs is 1. The van der Waals surface area contributed by atoms with Crippen molar-refractivity contribution in [3.05, 3.63) is 29.8 Å². The maximum Gasteiger partial charge on any atom is 0.241 e. The Hall–Kier alpha value is -1.55. The van der Waals surface area contributed by atoms with Crippen molar-refractivity contribution in [3.63, 3.8) is 0 Å². The van der Waals surface area contributed by atoms with Gasteiger partial charge in [-0.3, -0.25) is 4.79 Å². The smallest absolute Gasteiger partial charge is 0.241 e. The van der Waals surface area contributed by atoms with Crippen LogP contribution in [0.5, 0.6) is 0 Å². The molecule has 0 aromatic heterocycles. The van der Waals surface area contributed by atoms with E-state index in [4.69, 9.17) is 0 Å². The molecule has 1 aromatic rings. The molecule has 1 heterocycles. The van der Waals surface area contributed by atoms with Crippen LogP contribution in [0.2, 0.25) is 0 Å². The normalized spacial score (nSPS) is 17.5. The van der Waals surface area contributed by atoms with E-state index in [1.54, 1.807) is 4.90 Å². The van der Waals surface area contributed by atoms with Crippen LogP contribution in [0.3, 0.4) is 0 Å². The molecule has 1 aliphatic rings. The van der Waals surface area contributed by atoms with Gasteiger partial charge in [-0.15, -0.1) is 0 Å². The first-order valence-electron chi connectivity index (χ1n) is 7.98. The molecule has 4 heteroatoms. The summed E-state index contributed by atoms with van der Waals surface area (Å²) in [5, 5.41) is 3.61. The van der Waals surface area contributed by atoms with E-state index in [-0.39, 0.29) is 5.91 Å². The molecule has 1 unspecified atom stereocenters. The highest BCUT2D eigenvalue weighted by Crippen LogP contribution is 2.33. The van der Waals surface area contributed by atoms with Gasteiger partial charge in [0.05, 0.1) is 6.54 Å². The van der Waals surface area contributed by atoms with Gasteiger partial charge in [-0.25, -0.2) is 0 Å². The lowest BCUT2D eigenvalue weighted by atomic mass is 9.96. The zero-order valence-corrected chi connectivity index (χ0v) is 13.4. The Labute approximate surface area is 128 Å². The zero-order valence-electron chi connectivity index (χ0n) is 13.4. The van der Waals surface area contributed by atoms with Crippen molar-refractivity contribution in [3.8, 4) is 0 Å². The van der Waals surface area contributed by atoms with Gasteiger partial charge < -0.3 is 15.1 Å². The summed E-state index contributed by atoms with van der Waals surface area (Å²) < 4.78 is 0. The number of likely N-dealkylation sites (N-methyl/N-ethyl adjacent to an activating group) is 1. The van der Waals surface area contributed by atoms with Crippen LogP contribution in [0.15, 0.2) is 24.3 Å². The molecular weight excluding hydrogens is 262 g/mol. The first-order chi connectivity index (χ1) is 10.2. The summed E-state index contributed by atoms with van der Waals surface area (Å²) in [5.74, 6) is 0.187. The van der Waals surface area contributed by atoms with E-state index in [1.165, 1.54) is 11.3 Å². The number of benzene rings is 1. The average Bonchev–Trinajstić information content (AvgIpc) is 2.53. The van der Waals surface area contributed by atoms with E-state index >= 15 is 0 Å². The molecule has 0 bridgehead atoms. The van der Waals surface area contributed by atoms with Crippen molar-refractivity contribution in [1.29, 1.82) is 0 Å². The van der Waals surface area contributed by atoms with E-state index in [0.717, 1.165) is 32.5 Å². The molecule has 21 heavy (non-hydrogen) atoms. The molecule has 1 N–H and O–H groups in total. The van der Waals surface area contributed by atoms with Crippen molar-refractivity contribution in [2.75, 3.05) is 38.1 Å². The number of carbonyl (C=O) groups excluding carboxylic acids is 1. The van der Waals surface area contributed by atoms with Crippen LogP contribution >= 0.6 is 0 Å². The molecule has 0 aliphatic carbocycles. The molecule has 1 amide bonds. The average molecular weight is 289 g/mol. The van der Waals surface area contributed by atoms with Crippen LogP contribution in [0.25, 0.3) is 0 Å². The van der Waals surface area contributed by atoms with Crippen molar-refractivity contribution in [2.24, 2.45) is 0 Å². The molecule has 1 atom stereocenters. The maximum absolute atomic E-state index is 12.2. The number of rotatable bonds is 6. The monoisotopic (exact) mass is 289 g/mol. The summed E-state index contributed by atoms with van der Waals surface area (Å²) in [6.45, 7) is 7.40. The zero-order chi connectivity index (χ0) is 15.2. The highest BCUT2D eigenvalue weighted by atomic mass is 16.2. The first kappa shape index (κ1) is 15.8. The largest absolute Gasteiger partial charge is 0.362 e. The number of hydrogen-bond donors (Lipinski definition) is 1. The van der Waals surface area contributed by atoms with Gasteiger partial charge in [-0.05, 0) is 37.9 Å². The van der Waals surface area contributed by atoms with Gasteiger partial charge in [0.1, 0.15) is 0 Å². The van der Waals surface area contributed by atoms with Crippen LogP contribution in [0.1, 0.15) is 38.3 Å². The lowest BCUT2D eigenvalue weighted by Crippen LogP contribution is -2.42. The van der Waals surface area contributed by atoms with Gasteiger partial charge in [-0.2, -0.15) is 0 Å². The molecule has 0 saturated heterocycles. The summed E-state index contributed by atoms with van der Waals surface area (Å²) in [6, 6.07) is 8.87. The van der Waals surface area contributed by atoms with Gasteiger partial charge in [0.2, 0.25) is 5.91 Å².